The summed E-state index contributed by atoms with van der Waals surface area (Å²) in [5.74, 6) is -0.151. The molecule has 0 saturated carbocycles. The number of hydrogen-bond acceptors (Lipinski definition) is 6. The second-order valence-corrected chi connectivity index (χ2v) is 11.4. The van der Waals surface area contributed by atoms with Gasteiger partial charge in [0.2, 0.25) is 28.6 Å². The average molecular weight is 552 g/mol. The van der Waals surface area contributed by atoms with Crippen LogP contribution in [-0.4, -0.2) is 56.3 Å². The first-order valence-corrected chi connectivity index (χ1v) is 14.3. The highest BCUT2D eigenvalue weighted by Gasteiger charge is 2.33. The minimum atomic E-state index is -3.85. The van der Waals surface area contributed by atoms with Crippen LogP contribution in [0, 0.1) is 0 Å². The maximum atomic E-state index is 13.8. The summed E-state index contributed by atoms with van der Waals surface area (Å²) in [6.45, 7) is 6.76. The van der Waals surface area contributed by atoms with E-state index in [0.29, 0.717) is 28.5 Å². The highest BCUT2D eigenvalue weighted by Crippen LogP contribution is 2.36. The molecular formula is C26H34ClN3O6S. The molecule has 0 aliphatic carbocycles. The van der Waals surface area contributed by atoms with Crippen LogP contribution in [-0.2, 0) is 26.2 Å². The lowest BCUT2D eigenvalue weighted by Crippen LogP contribution is -2.53. The number of nitrogens with zero attached hydrogens (tertiary/aromatic N) is 2. The number of anilines is 1. The molecule has 0 saturated heterocycles. The van der Waals surface area contributed by atoms with Crippen molar-refractivity contribution in [2.24, 2.45) is 0 Å². The molecule has 2 aromatic carbocycles. The van der Waals surface area contributed by atoms with Crippen molar-refractivity contribution in [3.63, 3.8) is 0 Å². The Kier molecular flexibility index (Phi) is 9.67. The molecular weight excluding hydrogens is 518 g/mol. The average Bonchev–Trinajstić information content (AvgIpc) is 3.35. The first kappa shape index (κ1) is 28.6. The zero-order chi connectivity index (χ0) is 27.2. The first-order chi connectivity index (χ1) is 17.6. The Hall–Kier alpha value is -2.98. The molecule has 1 aliphatic rings. The smallest absolute Gasteiger partial charge is 0.244 e. The molecule has 0 fully saturated rings. The third-order valence-corrected chi connectivity index (χ3v) is 8.42. The molecule has 0 radical (unpaired) electrons. The van der Waals surface area contributed by atoms with Crippen molar-refractivity contribution in [3.05, 3.63) is 53.1 Å². The summed E-state index contributed by atoms with van der Waals surface area (Å²) in [5, 5.41) is 3.39. The van der Waals surface area contributed by atoms with Gasteiger partial charge in [0.25, 0.3) is 0 Å². The number of amides is 2. The fourth-order valence-corrected chi connectivity index (χ4v) is 5.18. The Morgan fingerprint density at radius 2 is 1.76 bits per heavy atom. The normalized spacial score (nSPS) is 14.1. The van der Waals surface area contributed by atoms with Crippen LogP contribution in [0.1, 0.15) is 46.1 Å². The maximum Gasteiger partial charge on any atom is 0.244 e. The quantitative estimate of drug-likeness (QED) is 0.428. The van der Waals surface area contributed by atoms with Crippen molar-refractivity contribution in [1.29, 1.82) is 0 Å². The van der Waals surface area contributed by atoms with Gasteiger partial charge in [0.15, 0.2) is 11.5 Å². The Balaban J connectivity index is 1.98. The van der Waals surface area contributed by atoms with Crippen LogP contribution in [0.3, 0.4) is 0 Å². The highest BCUT2D eigenvalue weighted by atomic mass is 35.5. The van der Waals surface area contributed by atoms with Crippen molar-refractivity contribution in [2.45, 2.75) is 59.2 Å². The third-order valence-electron chi connectivity index (χ3n) is 6.31. The molecule has 37 heavy (non-hydrogen) atoms. The van der Waals surface area contributed by atoms with Crippen LogP contribution in [0.4, 0.5) is 5.69 Å². The van der Waals surface area contributed by atoms with Gasteiger partial charge in [0.05, 0.1) is 11.4 Å². The number of carbonyl (C=O) groups is 2. The van der Waals surface area contributed by atoms with E-state index in [2.05, 4.69) is 5.32 Å². The summed E-state index contributed by atoms with van der Waals surface area (Å²) in [6.07, 6.45) is 1.07. The molecule has 0 unspecified atom stereocenters. The number of halogens is 1. The number of carbonyl (C=O) groups excluding carboxylic acids is 2. The monoisotopic (exact) mass is 551 g/mol. The van der Waals surface area contributed by atoms with E-state index in [4.69, 9.17) is 21.1 Å². The first-order valence-electron chi connectivity index (χ1n) is 12.3. The predicted molar refractivity (Wildman–Crippen MR) is 143 cm³/mol. The number of hydrogen-bond donors (Lipinski definition) is 1. The fourth-order valence-electron chi connectivity index (χ4n) is 3.93. The minimum absolute atomic E-state index is 0.0351. The van der Waals surface area contributed by atoms with E-state index >= 15 is 0 Å². The van der Waals surface area contributed by atoms with Crippen LogP contribution < -0.4 is 19.1 Å². The lowest BCUT2D eigenvalue weighted by molar-refractivity contribution is -0.140. The summed E-state index contributed by atoms with van der Waals surface area (Å²) in [6, 6.07) is 10.9. The molecule has 0 spiro atoms. The summed E-state index contributed by atoms with van der Waals surface area (Å²) in [7, 11) is -3.85. The number of ether oxygens (including phenoxy) is 2. The summed E-state index contributed by atoms with van der Waals surface area (Å²) in [4.78, 5) is 28.4. The van der Waals surface area contributed by atoms with Crippen molar-refractivity contribution < 1.29 is 27.5 Å². The Bertz CT molecular complexity index is 1220. The number of benzene rings is 2. The van der Waals surface area contributed by atoms with E-state index in [9.17, 15) is 18.0 Å². The summed E-state index contributed by atoms with van der Waals surface area (Å²) >= 11 is 6.39. The fraction of sp³-hybridized carbons (Fsp3) is 0.462. The van der Waals surface area contributed by atoms with Crippen LogP contribution in [0.5, 0.6) is 11.5 Å². The lowest BCUT2D eigenvalue weighted by Gasteiger charge is -2.33. The number of rotatable bonds is 12. The second kappa shape index (κ2) is 12.5. The van der Waals surface area contributed by atoms with Gasteiger partial charge >= 0.3 is 0 Å². The zero-order valence-electron chi connectivity index (χ0n) is 21.6. The molecule has 2 atom stereocenters. The van der Waals surface area contributed by atoms with Gasteiger partial charge < -0.3 is 19.7 Å². The van der Waals surface area contributed by atoms with Crippen LogP contribution >= 0.6 is 11.6 Å². The molecule has 1 heterocycles. The Morgan fingerprint density at radius 3 is 2.41 bits per heavy atom. The predicted octanol–water partition coefficient (Wildman–Crippen LogP) is 3.95. The molecule has 3 rings (SSSR count). The van der Waals surface area contributed by atoms with Gasteiger partial charge in [-0.1, -0.05) is 43.6 Å². The van der Waals surface area contributed by atoms with Gasteiger partial charge in [-0.15, -0.1) is 0 Å². The lowest BCUT2D eigenvalue weighted by atomic mass is 10.1. The van der Waals surface area contributed by atoms with Gasteiger partial charge in [-0.25, -0.2) is 8.42 Å². The SMILES string of the molecule is CC[C@@H](C)NC(=O)[C@H](CC)N(Cc1ccccc1Cl)C(=O)CN(c1ccc2c(c1)OCO2)S(=O)(=O)CC. The molecule has 1 N–H and O–H groups in total. The van der Waals surface area contributed by atoms with E-state index in [1.165, 1.54) is 17.9 Å². The van der Waals surface area contributed by atoms with Crippen molar-refractivity contribution in [2.75, 3.05) is 23.4 Å². The van der Waals surface area contributed by atoms with Gasteiger partial charge in [0, 0.05) is 23.7 Å². The molecule has 11 heteroatoms. The van der Waals surface area contributed by atoms with Crippen LogP contribution in [0.2, 0.25) is 5.02 Å². The van der Waals surface area contributed by atoms with Crippen molar-refractivity contribution in [1.82, 2.24) is 10.2 Å². The maximum absolute atomic E-state index is 13.8. The second-order valence-electron chi connectivity index (χ2n) is 8.80. The van der Waals surface area contributed by atoms with E-state index in [1.54, 1.807) is 36.4 Å². The van der Waals surface area contributed by atoms with E-state index < -0.39 is 28.5 Å². The Morgan fingerprint density at radius 1 is 1.05 bits per heavy atom. The summed E-state index contributed by atoms with van der Waals surface area (Å²) < 4.78 is 38.0. The molecule has 9 nitrogen and oxygen atoms in total. The molecule has 2 amide bonds. The van der Waals surface area contributed by atoms with Crippen LogP contribution in [0.25, 0.3) is 0 Å². The molecule has 202 valence electrons. The topological polar surface area (TPSA) is 105 Å². The Labute approximate surface area is 223 Å². The molecule has 0 aromatic heterocycles. The van der Waals surface area contributed by atoms with Gasteiger partial charge in [-0.3, -0.25) is 13.9 Å². The van der Waals surface area contributed by atoms with Crippen molar-refractivity contribution in [3.8, 4) is 11.5 Å². The largest absolute Gasteiger partial charge is 0.454 e. The molecule has 2 aromatic rings. The summed E-state index contributed by atoms with van der Waals surface area (Å²) in [5.41, 5.74) is 0.925. The van der Waals surface area contributed by atoms with E-state index in [-0.39, 0.29) is 36.7 Å². The van der Waals surface area contributed by atoms with Gasteiger partial charge in [0.1, 0.15) is 12.6 Å². The molecule has 1 aliphatic heterocycles. The number of fused-ring (bicyclic) bond motifs is 1. The number of sulfonamides is 1. The molecule has 0 bridgehead atoms. The van der Waals surface area contributed by atoms with E-state index in [1.807, 2.05) is 20.8 Å². The standard InChI is InChI=1S/C26H34ClN3O6S/c1-5-18(4)28-26(32)22(6-2)29(15-19-10-8-9-11-21(19)27)25(31)16-30(37(33,34)7-3)20-12-13-23-24(14-20)36-17-35-23/h8-14,18,22H,5-7,15-17H2,1-4H3,(H,28,32)/t18-,22+/m1/s1. The van der Waals surface area contributed by atoms with Crippen molar-refractivity contribution >= 4 is 39.1 Å². The number of nitrogens with one attached hydrogen (secondary N) is 1. The highest BCUT2D eigenvalue weighted by molar-refractivity contribution is 7.92. The van der Waals surface area contributed by atoms with Gasteiger partial charge in [-0.05, 0) is 50.5 Å². The minimum Gasteiger partial charge on any atom is -0.454 e. The van der Waals surface area contributed by atoms with Gasteiger partial charge in [-0.2, -0.15) is 0 Å². The third kappa shape index (κ3) is 6.87. The van der Waals surface area contributed by atoms with Crippen LogP contribution in [0.15, 0.2) is 42.5 Å². The van der Waals surface area contributed by atoms with E-state index in [0.717, 1.165) is 10.7 Å². The zero-order valence-corrected chi connectivity index (χ0v) is 23.1.